The van der Waals surface area contributed by atoms with E-state index in [0.717, 1.165) is 0 Å². The van der Waals surface area contributed by atoms with E-state index in [1.807, 2.05) is 0 Å². The number of hydrogen-bond donors (Lipinski definition) is 0. The number of aromatic nitrogens is 1. The molecular formula is C7H5ClNO3-. The average molecular weight is 187 g/mol. The van der Waals surface area contributed by atoms with E-state index in [4.69, 9.17) is 11.6 Å². The maximum atomic E-state index is 10.4. The Kier molecular flexibility index (Phi) is 2.50. The first-order chi connectivity index (χ1) is 5.65. The number of carboxylic acid groups (broad SMARTS) is 1. The third kappa shape index (κ3) is 1.65. The lowest BCUT2D eigenvalue weighted by Gasteiger charge is -2.07. The quantitative estimate of drug-likeness (QED) is 0.658. The minimum absolute atomic E-state index is 0.000556. The number of carboxylic acids is 1. The second-order valence-electron chi connectivity index (χ2n) is 2.00. The molecule has 0 radical (unpaired) electrons. The molecule has 0 fully saturated rings. The van der Waals surface area contributed by atoms with E-state index < -0.39 is 5.97 Å². The van der Waals surface area contributed by atoms with Gasteiger partial charge in [0.25, 0.3) is 0 Å². The van der Waals surface area contributed by atoms with Crippen molar-refractivity contribution < 1.29 is 14.6 Å². The molecule has 1 heterocycles. The number of rotatable bonds is 2. The van der Waals surface area contributed by atoms with Crippen LogP contribution in [-0.2, 0) is 0 Å². The highest BCUT2D eigenvalue weighted by Gasteiger charge is 2.05. The van der Waals surface area contributed by atoms with Crippen LogP contribution in [0.4, 0.5) is 0 Å². The molecule has 12 heavy (non-hydrogen) atoms. The Morgan fingerprint density at radius 3 is 2.92 bits per heavy atom. The van der Waals surface area contributed by atoms with Crippen LogP contribution in [0.1, 0.15) is 10.4 Å². The van der Waals surface area contributed by atoms with E-state index in [1.165, 1.54) is 19.4 Å². The number of halogens is 1. The molecule has 1 aromatic heterocycles. The Labute approximate surface area is 73.8 Å². The molecule has 0 saturated carbocycles. The van der Waals surface area contributed by atoms with Crippen LogP contribution in [0.3, 0.4) is 0 Å². The summed E-state index contributed by atoms with van der Waals surface area (Å²) in [6.45, 7) is 0. The van der Waals surface area contributed by atoms with Crippen molar-refractivity contribution in [3.63, 3.8) is 0 Å². The van der Waals surface area contributed by atoms with Gasteiger partial charge in [0, 0.05) is 6.20 Å². The molecule has 0 aromatic carbocycles. The minimum Gasteiger partial charge on any atom is -0.545 e. The van der Waals surface area contributed by atoms with Crippen molar-refractivity contribution in [2.75, 3.05) is 7.11 Å². The molecule has 0 bridgehead atoms. The summed E-state index contributed by atoms with van der Waals surface area (Å²) in [5.74, 6) is -1.36. The first-order valence-electron chi connectivity index (χ1n) is 3.06. The van der Waals surface area contributed by atoms with Gasteiger partial charge in [-0.1, -0.05) is 11.6 Å². The Morgan fingerprint density at radius 1 is 1.75 bits per heavy atom. The summed E-state index contributed by atoms with van der Waals surface area (Å²) in [7, 11) is 1.32. The number of carbonyl (C=O) groups excluding carboxylic acids is 1. The number of ether oxygens (including phenoxy) is 1. The molecule has 0 amide bonds. The van der Waals surface area contributed by atoms with Crippen LogP contribution < -0.4 is 9.84 Å². The van der Waals surface area contributed by atoms with Gasteiger partial charge in [-0.3, -0.25) is 0 Å². The van der Waals surface area contributed by atoms with Gasteiger partial charge in [-0.2, -0.15) is 0 Å². The van der Waals surface area contributed by atoms with Gasteiger partial charge in [-0.25, -0.2) is 4.98 Å². The smallest absolute Gasteiger partial charge is 0.222 e. The van der Waals surface area contributed by atoms with Gasteiger partial charge in [-0.15, -0.1) is 0 Å². The molecule has 5 heteroatoms. The van der Waals surface area contributed by atoms with Crippen molar-refractivity contribution in [1.82, 2.24) is 4.98 Å². The van der Waals surface area contributed by atoms with Crippen LogP contribution in [-0.4, -0.2) is 18.1 Å². The fourth-order valence-corrected chi connectivity index (χ4v) is 0.894. The lowest BCUT2D eigenvalue weighted by molar-refractivity contribution is -0.255. The molecule has 1 aromatic rings. The lowest BCUT2D eigenvalue weighted by atomic mass is 10.3. The van der Waals surface area contributed by atoms with Gasteiger partial charge < -0.3 is 14.6 Å². The van der Waals surface area contributed by atoms with Crippen LogP contribution in [0, 0.1) is 0 Å². The van der Waals surface area contributed by atoms with E-state index in [-0.39, 0.29) is 16.5 Å². The molecule has 0 aliphatic carbocycles. The minimum atomic E-state index is -1.36. The third-order valence-corrected chi connectivity index (χ3v) is 1.44. The van der Waals surface area contributed by atoms with Gasteiger partial charge in [0.05, 0.1) is 23.7 Å². The molecule has 0 aliphatic rings. The number of carbonyl (C=O) groups is 1. The van der Waals surface area contributed by atoms with Crippen LogP contribution in [0.15, 0.2) is 12.3 Å². The largest absolute Gasteiger partial charge is 0.545 e. The summed E-state index contributed by atoms with van der Waals surface area (Å²) < 4.78 is 4.67. The summed E-state index contributed by atoms with van der Waals surface area (Å²) in [5, 5.41) is 10.7. The van der Waals surface area contributed by atoms with Crippen molar-refractivity contribution in [2.24, 2.45) is 0 Å². The Hall–Kier alpha value is -1.29. The lowest BCUT2D eigenvalue weighted by Crippen LogP contribution is -2.23. The van der Waals surface area contributed by atoms with Crippen LogP contribution in [0.5, 0.6) is 5.88 Å². The predicted octanol–water partition coefficient (Wildman–Crippen LogP) is 0.107. The number of pyridine rings is 1. The summed E-state index contributed by atoms with van der Waals surface area (Å²) in [5.41, 5.74) is -0.148. The Morgan fingerprint density at radius 2 is 2.42 bits per heavy atom. The van der Waals surface area contributed by atoms with Crippen molar-refractivity contribution in [1.29, 1.82) is 0 Å². The topological polar surface area (TPSA) is 62.2 Å². The zero-order valence-corrected chi connectivity index (χ0v) is 6.96. The second-order valence-corrected chi connectivity index (χ2v) is 2.43. The summed E-state index contributed by atoms with van der Waals surface area (Å²) in [4.78, 5) is 14.1. The predicted molar refractivity (Wildman–Crippen MR) is 40.1 cm³/mol. The van der Waals surface area contributed by atoms with Gasteiger partial charge >= 0.3 is 0 Å². The fourth-order valence-electron chi connectivity index (χ4n) is 0.736. The van der Waals surface area contributed by atoms with Gasteiger partial charge in [0.2, 0.25) is 5.88 Å². The molecule has 0 unspecified atom stereocenters. The zero-order chi connectivity index (χ0) is 9.14. The Balaban J connectivity index is 3.21. The molecule has 0 saturated heterocycles. The first-order valence-corrected chi connectivity index (χ1v) is 3.44. The highest BCUT2D eigenvalue weighted by Crippen LogP contribution is 2.17. The molecule has 0 N–H and O–H groups in total. The highest BCUT2D eigenvalue weighted by atomic mass is 35.5. The Bertz CT molecular complexity index is 314. The van der Waals surface area contributed by atoms with Gasteiger partial charge in [0.15, 0.2) is 0 Å². The van der Waals surface area contributed by atoms with E-state index in [0.29, 0.717) is 0 Å². The zero-order valence-electron chi connectivity index (χ0n) is 6.20. The highest BCUT2D eigenvalue weighted by molar-refractivity contribution is 6.30. The fraction of sp³-hybridized carbons (Fsp3) is 0.143. The van der Waals surface area contributed by atoms with Crippen molar-refractivity contribution >= 4 is 17.6 Å². The second kappa shape index (κ2) is 3.40. The maximum absolute atomic E-state index is 10.4. The molecule has 64 valence electrons. The number of methoxy groups -OCH3 is 1. The normalized spacial score (nSPS) is 9.50. The molecular weight excluding hydrogens is 182 g/mol. The van der Waals surface area contributed by atoms with Crippen molar-refractivity contribution in [2.45, 2.75) is 0 Å². The van der Waals surface area contributed by atoms with Crippen molar-refractivity contribution in [3.05, 3.63) is 22.8 Å². The molecule has 1 rings (SSSR count). The standard InChI is InChI=1S/C7H6ClNO3/c1-12-6-5(7(10)11)2-4(8)3-9-6/h2-3H,1H3,(H,10,11)/p-1. The number of aromatic carboxylic acids is 1. The summed E-state index contributed by atoms with van der Waals surface area (Å²) >= 11 is 5.51. The number of hydrogen-bond acceptors (Lipinski definition) is 4. The monoisotopic (exact) mass is 186 g/mol. The van der Waals surface area contributed by atoms with Gasteiger partial charge in [0.1, 0.15) is 0 Å². The third-order valence-electron chi connectivity index (χ3n) is 1.23. The average Bonchev–Trinajstić information content (AvgIpc) is 2.04. The summed E-state index contributed by atoms with van der Waals surface area (Å²) in [6.07, 6.45) is 1.30. The van der Waals surface area contributed by atoms with Gasteiger partial charge in [-0.05, 0) is 6.07 Å². The first kappa shape index (κ1) is 8.80. The summed E-state index contributed by atoms with van der Waals surface area (Å²) in [6, 6.07) is 1.22. The molecule has 0 atom stereocenters. The van der Waals surface area contributed by atoms with E-state index >= 15 is 0 Å². The molecule has 0 aliphatic heterocycles. The van der Waals surface area contributed by atoms with E-state index in [1.54, 1.807) is 0 Å². The molecule has 0 spiro atoms. The van der Waals surface area contributed by atoms with Crippen LogP contribution in [0.2, 0.25) is 5.02 Å². The molecule has 4 nitrogen and oxygen atoms in total. The van der Waals surface area contributed by atoms with Crippen LogP contribution >= 0.6 is 11.6 Å². The maximum Gasteiger partial charge on any atom is 0.222 e. The van der Waals surface area contributed by atoms with Crippen molar-refractivity contribution in [3.8, 4) is 5.88 Å². The number of nitrogens with zero attached hydrogens (tertiary/aromatic N) is 1. The van der Waals surface area contributed by atoms with E-state index in [9.17, 15) is 9.90 Å². The SMILES string of the molecule is COc1ncc(Cl)cc1C(=O)[O-]. The van der Waals surface area contributed by atoms with E-state index in [2.05, 4.69) is 9.72 Å². The van der Waals surface area contributed by atoms with Crippen LogP contribution in [0.25, 0.3) is 0 Å².